The summed E-state index contributed by atoms with van der Waals surface area (Å²) in [4.78, 5) is 14.5. The molecular weight excluding hydrogens is 256 g/mol. The van der Waals surface area contributed by atoms with Crippen molar-refractivity contribution < 1.29 is 14.3 Å². The quantitative estimate of drug-likeness (QED) is 0.704. The third-order valence-corrected chi connectivity index (χ3v) is 4.70. The molecule has 2 aliphatic rings. The Bertz CT molecular complexity index is 327. The number of nitrogens with one attached hydrogen (secondary N) is 1. The molecule has 0 bridgehead atoms. The van der Waals surface area contributed by atoms with E-state index in [0.717, 1.165) is 52.0 Å². The number of carbonyl (C=O) groups excluding carboxylic acids is 1. The SMILES string of the molecule is CNC(CN(C)CC1CCOCC1)(C(=O)OC)C1CC1. The van der Waals surface area contributed by atoms with Gasteiger partial charge in [-0.25, -0.2) is 4.79 Å². The molecular formula is C15H28N2O3. The molecule has 0 aromatic heterocycles. The summed E-state index contributed by atoms with van der Waals surface area (Å²) < 4.78 is 10.5. The lowest BCUT2D eigenvalue weighted by molar-refractivity contribution is -0.150. The number of likely N-dealkylation sites (N-methyl/N-ethyl adjacent to an activating group) is 2. The zero-order chi connectivity index (χ0) is 14.6. The predicted molar refractivity (Wildman–Crippen MR) is 77.6 cm³/mol. The highest BCUT2D eigenvalue weighted by molar-refractivity contribution is 5.82. The average Bonchev–Trinajstić information content (AvgIpc) is 3.30. The highest BCUT2D eigenvalue weighted by Gasteiger charge is 2.51. The molecule has 0 amide bonds. The Hall–Kier alpha value is -0.650. The van der Waals surface area contributed by atoms with Crippen LogP contribution in [0.2, 0.25) is 0 Å². The molecule has 0 aromatic carbocycles. The van der Waals surface area contributed by atoms with Gasteiger partial charge < -0.3 is 19.7 Å². The van der Waals surface area contributed by atoms with E-state index in [9.17, 15) is 4.79 Å². The molecule has 116 valence electrons. The average molecular weight is 284 g/mol. The summed E-state index contributed by atoms with van der Waals surface area (Å²) in [6, 6.07) is 0. The molecule has 1 aliphatic heterocycles. The number of rotatable bonds is 7. The number of ether oxygens (including phenoxy) is 2. The van der Waals surface area contributed by atoms with E-state index in [-0.39, 0.29) is 5.97 Å². The van der Waals surface area contributed by atoms with E-state index in [2.05, 4.69) is 17.3 Å². The number of methoxy groups -OCH3 is 1. The van der Waals surface area contributed by atoms with Crippen LogP contribution in [0.3, 0.4) is 0 Å². The smallest absolute Gasteiger partial charge is 0.327 e. The fraction of sp³-hybridized carbons (Fsp3) is 0.933. The molecule has 2 fully saturated rings. The minimum atomic E-state index is -0.533. The second-order valence-corrected chi connectivity index (χ2v) is 6.24. The van der Waals surface area contributed by atoms with Crippen LogP contribution in [-0.4, -0.2) is 63.9 Å². The Labute approximate surface area is 122 Å². The summed E-state index contributed by atoms with van der Waals surface area (Å²) in [7, 11) is 5.46. The third kappa shape index (κ3) is 3.51. The number of nitrogens with zero attached hydrogens (tertiary/aromatic N) is 1. The van der Waals surface area contributed by atoms with Gasteiger partial charge in [-0.2, -0.15) is 0 Å². The monoisotopic (exact) mass is 284 g/mol. The normalized spacial score (nSPS) is 23.6. The molecule has 1 heterocycles. The van der Waals surface area contributed by atoms with Crippen molar-refractivity contribution in [1.82, 2.24) is 10.2 Å². The van der Waals surface area contributed by atoms with Crippen molar-refractivity contribution in [1.29, 1.82) is 0 Å². The van der Waals surface area contributed by atoms with Crippen LogP contribution in [0.5, 0.6) is 0 Å². The van der Waals surface area contributed by atoms with Crippen molar-refractivity contribution in [2.24, 2.45) is 11.8 Å². The minimum absolute atomic E-state index is 0.124. The van der Waals surface area contributed by atoms with Crippen molar-refractivity contribution >= 4 is 5.97 Å². The first-order valence-electron chi connectivity index (χ1n) is 7.66. The van der Waals surface area contributed by atoms with Gasteiger partial charge in [0, 0.05) is 26.3 Å². The van der Waals surface area contributed by atoms with Gasteiger partial charge in [-0.3, -0.25) is 0 Å². The number of carbonyl (C=O) groups is 1. The van der Waals surface area contributed by atoms with E-state index in [1.807, 2.05) is 7.05 Å². The number of esters is 1. The van der Waals surface area contributed by atoms with Crippen LogP contribution in [0.4, 0.5) is 0 Å². The van der Waals surface area contributed by atoms with Crippen LogP contribution >= 0.6 is 0 Å². The molecule has 1 N–H and O–H groups in total. The van der Waals surface area contributed by atoms with Crippen molar-refractivity contribution in [2.75, 3.05) is 47.5 Å². The van der Waals surface area contributed by atoms with Gasteiger partial charge in [0.2, 0.25) is 0 Å². The highest BCUT2D eigenvalue weighted by atomic mass is 16.5. The van der Waals surface area contributed by atoms with E-state index in [1.165, 1.54) is 7.11 Å². The van der Waals surface area contributed by atoms with Gasteiger partial charge in [0.25, 0.3) is 0 Å². The van der Waals surface area contributed by atoms with Crippen LogP contribution in [-0.2, 0) is 14.3 Å². The first-order valence-corrected chi connectivity index (χ1v) is 7.66. The maximum absolute atomic E-state index is 12.2. The van der Waals surface area contributed by atoms with Crippen LogP contribution < -0.4 is 5.32 Å². The van der Waals surface area contributed by atoms with E-state index < -0.39 is 5.54 Å². The zero-order valence-corrected chi connectivity index (χ0v) is 13.0. The van der Waals surface area contributed by atoms with Crippen molar-refractivity contribution in [3.05, 3.63) is 0 Å². The van der Waals surface area contributed by atoms with E-state index in [0.29, 0.717) is 11.8 Å². The Morgan fingerprint density at radius 3 is 2.50 bits per heavy atom. The van der Waals surface area contributed by atoms with Crippen LogP contribution in [0.25, 0.3) is 0 Å². The van der Waals surface area contributed by atoms with Gasteiger partial charge in [0.1, 0.15) is 5.54 Å². The molecule has 1 atom stereocenters. The summed E-state index contributed by atoms with van der Waals surface area (Å²) in [5.74, 6) is 0.971. The lowest BCUT2D eigenvalue weighted by atomic mass is 9.91. The first kappa shape index (κ1) is 15.7. The van der Waals surface area contributed by atoms with Gasteiger partial charge in [-0.15, -0.1) is 0 Å². The zero-order valence-electron chi connectivity index (χ0n) is 13.0. The second-order valence-electron chi connectivity index (χ2n) is 6.24. The minimum Gasteiger partial charge on any atom is -0.468 e. The fourth-order valence-electron chi connectivity index (χ4n) is 3.36. The molecule has 20 heavy (non-hydrogen) atoms. The Morgan fingerprint density at radius 1 is 1.35 bits per heavy atom. The molecule has 1 aliphatic carbocycles. The molecule has 5 heteroatoms. The standard InChI is InChI=1S/C15H28N2O3/c1-16-15(13-4-5-13,14(18)19-3)11-17(2)10-12-6-8-20-9-7-12/h12-13,16H,4-11H2,1-3H3. The summed E-state index contributed by atoms with van der Waals surface area (Å²) >= 11 is 0. The molecule has 0 spiro atoms. The molecule has 2 rings (SSSR count). The number of hydrogen-bond donors (Lipinski definition) is 1. The Balaban J connectivity index is 1.94. The summed E-state index contributed by atoms with van der Waals surface area (Å²) in [6.45, 7) is 3.49. The Kier molecular flexibility index (Phi) is 5.41. The Morgan fingerprint density at radius 2 is 2.00 bits per heavy atom. The topological polar surface area (TPSA) is 50.8 Å². The number of hydrogen-bond acceptors (Lipinski definition) is 5. The van der Waals surface area contributed by atoms with Crippen LogP contribution in [0.1, 0.15) is 25.7 Å². The fourth-order valence-corrected chi connectivity index (χ4v) is 3.36. The summed E-state index contributed by atoms with van der Waals surface area (Å²) in [5, 5.41) is 3.26. The summed E-state index contributed by atoms with van der Waals surface area (Å²) in [6.07, 6.45) is 4.47. The second kappa shape index (κ2) is 6.87. The predicted octanol–water partition coefficient (Wildman–Crippen LogP) is 0.886. The van der Waals surface area contributed by atoms with Crippen molar-refractivity contribution in [3.63, 3.8) is 0 Å². The lowest BCUT2D eigenvalue weighted by Gasteiger charge is -2.36. The maximum atomic E-state index is 12.2. The van der Waals surface area contributed by atoms with Crippen LogP contribution in [0, 0.1) is 11.8 Å². The molecule has 0 radical (unpaired) electrons. The molecule has 1 saturated heterocycles. The van der Waals surface area contributed by atoms with E-state index in [4.69, 9.17) is 9.47 Å². The molecule has 5 nitrogen and oxygen atoms in total. The van der Waals surface area contributed by atoms with Crippen LogP contribution in [0.15, 0.2) is 0 Å². The lowest BCUT2D eigenvalue weighted by Crippen LogP contribution is -2.60. The maximum Gasteiger partial charge on any atom is 0.327 e. The van der Waals surface area contributed by atoms with E-state index in [1.54, 1.807) is 0 Å². The summed E-state index contributed by atoms with van der Waals surface area (Å²) in [5.41, 5.74) is -0.533. The van der Waals surface area contributed by atoms with Gasteiger partial charge in [0.05, 0.1) is 7.11 Å². The van der Waals surface area contributed by atoms with Gasteiger partial charge >= 0.3 is 5.97 Å². The molecule has 0 aromatic rings. The van der Waals surface area contributed by atoms with Gasteiger partial charge in [-0.05, 0) is 51.6 Å². The highest BCUT2D eigenvalue weighted by Crippen LogP contribution is 2.40. The van der Waals surface area contributed by atoms with Crippen molar-refractivity contribution in [3.8, 4) is 0 Å². The third-order valence-electron chi connectivity index (χ3n) is 4.70. The molecule has 1 saturated carbocycles. The first-order chi connectivity index (χ1) is 9.62. The van der Waals surface area contributed by atoms with E-state index >= 15 is 0 Å². The molecule has 1 unspecified atom stereocenters. The van der Waals surface area contributed by atoms with Gasteiger partial charge in [-0.1, -0.05) is 0 Å². The largest absolute Gasteiger partial charge is 0.468 e. The van der Waals surface area contributed by atoms with Crippen molar-refractivity contribution in [2.45, 2.75) is 31.2 Å². The van der Waals surface area contributed by atoms with Gasteiger partial charge in [0.15, 0.2) is 0 Å².